The lowest BCUT2D eigenvalue weighted by molar-refractivity contribution is 0.0645. The van der Waals surface area contributed by atoms with Crippen molar-refractivity contribution in [3.63, 3.8) is 0 Å². The molecule has 2 aliphatic heterocycles. The average molecular weight is 733 g/mol. The molecule has 0 spiro atoms. The van der Waals surface area contributed by atoms with E-state index in [0.29, 0.717) is 24.2 Å². The molecule has 8 nitrogen and oxygen atoms in total. The number of halogens is 2. The number of rotatable bonds is 6. The van der Waals surface area contributed by atoms with Crippen LogP contribution in [0.2, 0.25) is 0 Å². The van der Waals surface area contributed by atoms with Crippen LogP contribution in [-0.2, 0) is 23.7 Å². The zero-order valence-corrected chi connectivity index (χ0v) is 30.0. The fraction of sp³-hybridized carbons (Fsp3) is 0.200. The summed E-state index contributed by atoms with van der Waals surface area (Å²) in [5.41, 5.74) is 7.94. The van der Waals surface area contributed by atoms with Crippen molar-refractivity contribution in [3.8, 4) is 0 Å². The summed E-state index contributed by atoms with van der Waals surface area (Å²) in [5, 5.41) is 14.8. The molecule has 0 bridgehead atoms. The SMILES string of the molecule is O=C(c1n[nH]c2c1C=CC(c1ccccc1)(c1ccc(F)cc1)C2)N1CC1.O=C(c1n[nH]c2c1C=CC(c1ccccc1)(c1ccc(F)cc1)C2)N1CCC1. The van der Waals surface area contributed by atoms with Gasteiger partial charge in [0.2, 0.25) is 0 Å². The molecular weight excluding hydrogens is 695 g/mol. The van der Waals surface area contributed by atoms with Crippen molar-refractivity contribution in [1.82, 2.24) is 30.2 Å². The molecule has 55 heavy (non-hydrogen) atoms. The Morgan fingerprint density at radius 2 is 0.909 bits per heavy atom. The summed E-state index contributed by atoms with van der Waals surface area (Å²) in [6, 6.07) is 33.6. The number of nitrogens with one attached hydrogen (secondary N) is 2. The van der Waals surface area contributed by atoms with Gasteiger partial charge in [0.05, 0.1) is 0 Å². The van der Waals surface area contributed by atoms with Gasteiger partial charge < -0.3 is 9.80 Å². The lowest BCUT2D eigenvalue weighted by Gasteiger charge is -2.35. The number of benzene rings is 4. The quantitative estimate of drug-likeness (QED) is 0.173. The number of likely N-dealkylation sites (tertiary alicyclic amines) is 1. The predicted octanol–water partition coefficient (Wildman–Crippen LogP) is 7.51. The number of hydrogen-bond acceptors (Lipinski definition) is 4. The van der Waals surface area contributed by atoms with E-state index in [1.54, 1.807) is 4.90 Å². The Morgan fingerprint density at radius 1 is 0.527 bits per heavy atom. The first-order valence-corrected chi connectivity index (χ1v) is 18.6. The number of allylic oxidation sites excluding steroid dienone is 2. The molecule has 2 N–H and O–H groups in total. The topological polar surface area (TPSA) is 97.7 Å². The van der Waals surface area contributed by atoms with Gasteiger partial charge in [0.15, 0.2) is 11.4 Å². The van der Waals surface area contributed by atoms with Crippen LogP contribution in [0.25, 0.3) is 12.2 Å². The fourth-order valence-corrected chi connectivity index (χ4v) is 8.02. The highest BCUT2D eigenvalue weighted by Crippen LogP contribution is 2.43. The number of H-pyrrole nitrogens is 2. The van der Waals surface area contributed by atoms with Crippen LogP contribution in [0.3, 0.4) is 0 Å². The Balaban J connectivity index is 0.000000144. The van der Waals surface area contributed by atoms with Gasteiger partial charge in [-0.25, -0.2) is 8.78 Å². The first-order chi connectivity index (χ1) is 26.8. The summed E-state index contributed by atoms with van der Waals surface area (Å²) in [5.74, 6) is -0.541. The monoisotopic (exact) mass is 732 g/mol. The molecule has 2 aromatic heterocycles. The van der Waals surface area contributed by atoms with Crippen molar-refractivity contribution in [2.75, 3.05) is 26.2 Å². The van der Waals surface area contributed by atoms with Crippen LogP contribution < -0.4 is 0 Å². The van der Waals surface area contributed by atoms with E-state index in [2.05, 4.69) is 56.8 Å². The van der Waals surface area contributed by atoms with Gasteiger partial charge in [0, 0.05) is 72.4 Å². The minimum absolute atomic E-state index is 0.0117. The molecule has 2 fully saturated rings. The summed E-state index contributed by atoms with van der Waals surface area (Å²) >= 11 is 0. The van der Waals surface area contributed by atoms with Gasteiger partial charge in [-0.05, 0) is 52.9 Å². The summed E-state index contributed by atoms with van der Waals surface area (Å²) < 4.78 is 27.1. The zero-order valence-electron chi connectivity index (χ0n) is 30.0. The Morgan fingerprint density at radius 3 is 1.27 bits per heavy atom. The van der Waals surface area contributed by atoms with E-state index in [1.165, 1.54) is 24.3 Å². The Kier molecular flexibility index (Phi) is 8.60. The summed E-state index contributed by atoms with van der Waals surface area (Å²) in [7, 11) is 0. The van der Waals surface area contributed by atoms with Gasteiger partial charge in [-0.2, -0.15) is 10.2 Å². The van der Waals surface area contributed by atoms with Crippen molar-refractivity contribution >= 4 is 24.0 Å². The largest absolute Gasteiger partial charge is 0.337 e. The maximum Gasteiger partial charge on any atom is 0.275 e. The molecule has 2 aliphatic carbocycles. The average Bonchev–Trinajstić information content (AvgIpc) is 3.84. The number of carbonyl (C=O) groups is 2. The molecule has 10 heteroatoms. The number of amides is 2. The molecule has 4 aromatic carbocycles. The van der Waals surface area contributed by atoms with Crippen molar-refractivity contribution in [1.29, 1.82) is 0 Å². The van der Waals surface area contributed by atoms with Crippen molar-refractivity contribution in [3.05, 3.63) is 189 Å². The van der Waals surface area contributed by atoms with Gasteiger partial charge >= 0.3 is 0 Å². The highest BCUT2D eigenvalue weighted by Gasteiger charge is 2.40. The molecule has 0 saturated carbocycles. The van der Waals surface area contributed by atoms with Crippen LogP contribution in [0.4, 0.5) is 8.78 Å². The van der Waals surface area contributed by atoms with E-state index in [4.69, 9.17) is 0 Å². The maximum absolute atomic E-state index is 13.6. The molecule has 0 radical (unpaired) electrons. The molecule has 2 atom stereocenters. The van der Waals surface area contributed by atoms with E-state index in [9.17, 15) is 18.4 Å². The second kappa shape index (κ2) is 13.8. The van der Waals surface area contributed by atoms with Crippen LogP contribution in [0, 0.1) is 11.6 Å². The Hall–Kier alpha value is -6.42. The molecule has 2 amide bonds. The predicted molar refractivity (Wildman–Crippen MR) is 206 cm³/mol. The molecule has 6 aromatic rings. The highest BCUT2D eigenvalue weighted by molar-refractivity contribution is 5.98. The van der Waals surface area contributed by atoms with Crippen LogP contribution in [-0.4, -0.2) is 68.2 Å². The third kappa shape index (κ3) is 6.17. The first-order valence-electron chi connectivity index (χ1n) is 18.6. The molecule has 10 rings (SSSR count). The molecule has 4 aliphatic rings. The number of hydrogen-bond donors (Lipinski definition) is 2. The van der Waals surface area contributed by atoms with Gasteiger partial charge in [0.25, 0.3) is 11.8 Å². The molecule has 274 valence electrons. The van der Waals surface area contributed by atoms with Crippen molar-refractivity contribution < 1.29 is 18.4 Å². The highest BCUT2D eigenvalue weighted by atomic mass is 19.1. The minimum atomic E-state index is -0.439. The molecule has 4 heterocycles. The first kappa shape index (κ1) is 34.4. The number of fused-ring (bicyclic) bond motifs is 2. The van der Waals surface area contributed by atoms with Crippen molar-refractivity contribution in [2.24, 2.45) is 0 Å². The van der Waals surface area contributed by atoms with Gasteiger partial charge in [-0.15, -0.1) is 0 Å². The Labute approximate surface area is 317 Å². The lowest BCUT2D eigenvalue weighted by atomic mass is 9.68. The molecule has 2 saturated heterocycles. The fourth-order valence-electron chi connectivity index (χ4n) is 8.02. The zero-order chi connectivity index (χ0) is 37.6. The standard InChI is InChI=1S/C23H20FN3O.C22H18FN3O/c24-18-9-7-17(8-10-18)23(16-5-2-1-3-6-16)12-11-19-20(15-23)25-26-21(19)22(28)27-13-4-14-27;23-17-8-6-16(7-9-17)22(15-4-2-1-3-5-15)11-10-18-19(14-22)24-25-20(18)21(27)26-12-13-26/h1-3,5-12H,4,13-15H2,(H,25,26);1-11H,12-14H2,(H,24,25). The van der Waals surface area contributed by atoms with Gasteiger partial charge in [-0.1, -0.05) is 109 Å². The molecule has 2 unspecified atom stereocenters. The second-order valence-electron chi connectivity index (χ2n) is 14.6. The van der Waals surface area contributed by atoms with Crippen LogP contribution >= 0.6 is 0 Å². The minimum Gasteiger partial charge on any atom is -0.337 e. The lowest BCUT2D eigenvalue weighted by Crippen LogP contribution is -2.42. The van der Waals surface area contributed by atoms with Crippen LogP contribution in [0.5, 0.6) is 0 Å². The van der Waals surface area contributed by atoms with Gasteiger partial charge in [-0.3, -0.25) is 19.8 Å². The van der Waals surface area contributed by atoms with E-state index in [1.807, 2.05) is 77.7 Å². The Bertz CT molecular complexity index is 2430. The normalized spacial score (nSPS) is 20.5. The number of aromatic amines is 2. The number of nitrogens with zero attached hydrogens (tertiary/aromatic N) is 4. The third-order valence-electron chi connectivity index (χ3n) is 11.3. The summed E-state index contributed by atoms with van der Waals surface area (Å²) in [6.45, 7) is 3.20. The molecular formula is C45H38F2N6O2. The smallest absolute Gasteiger partial charge is 0.275 e. The van der Waals surface area contributed by atoms with Crippen LogP contribution in [0.15, 0.2) is 121 Å². The van der Waals surface area contributed by atoms with E-state index in [0.717, 1.165) is 77.4 Å². The van der Waals surface area contributed by atoms with Crippen LogP contribution in [0.1, 0.15) is 72.2 Å². The van der Waals surface area contributed by atoms with Gasteiger partial charge in [0.1, 0.15) is 11.6 Å². The summed E-state index contributed by atoms with van der Waals surface area (Å²) in [4.78, 5) is 28.7. The second-order valence-corrected chi connectivity index (χ2v) is 14.6. The third-order valence-corrected chi connectivity index (χ3v) is 11.3. The van der Waals surface area contributed by atoms with Crippen molar-refractivity contribution in [2.45, 2.75) is 30.1 Å². The number of aromatic nitrogens is 4. The van der Waals surface area contributed by atoms with E-state index < -0.39 is 10.8 Å². The number of carbonyl (C=O) groups excluding carboxylic acids is 2. The van der Waals surface area contributed by atoms with E-state index >= 15 is 0 Å². The summed E-state index contributed by atoms with van der Waals surface area (Å²) in [6.07, 6.45) is 10.5. The van der Waals surface area contributed by atoms with E-state index in [-0.39, 0.29) is 23.4 Å². The maximum atomic E-state index is 13.6.